The van der Waals surface area contributed by atoms with E-state index < -0.39 is 0 Å². The van der Waals surface area contributed by atoms with Crippen LogP contribution in [0.3, 0.4) is 0 Å². The molecule has 0 radical (unpaired) electrons. The number of benzene rings is 1. The van der Waals surface area contributed by atoms with Crippen LogP contribution in [0.1, 0.15) is 6.42 Å². The zero-order valence-electron chi connectivity index (χ0n) is 9.82. The third-order valence-corrected chi connectivity index (χ3v) is 4.75. The highest BCUT2D eigenvalue weighted by molar-refractivity contribution is 9.11. The van der Waals surface area contributed by atoms with Crippen LogP contribution < -0.4 is 9.64 Å². The van der Waals surface area contributed by atoms with Crippen molar-refractivity contribution in [3.8, 4) is 5.75 Å². The molecular formula is C12H13Br2NO2S. The molecule has 6 heteroatoms. The monoisotopic (exact) mass is 393 g/mol. The molecule has 0 aromatic heterocycles. The SMILES string of the molecule is COc1cc(N2CC(CS)CC2=O)c(Br)cc1Br. The van der Waals surface area contributed by atoms with Gasteiger partial charge >= 0.3 is 0 Å². The first-order chi connectivity index (χ1) is 8.56. The summed E-state index contributed by atoms with van der Waals surface area (Å²) in [7, 11) is 1.61. The van der Waals surface area contributed by atoms with E-state index in [9.17, 15) is 4.79 Å². The third-order valence-electron chi connectivity index (χ3n) is 2.98. The number of ether oxygens (including phenoxy) is 1. The minimum Gasteiger partial charge on any atom is -0.495 e. The summed E-state index contributed by atoms with van der Waals surface area (Å²) >= 11 is 11.2. The first-order valence-corrected chi connectivity index (χ1v) is 7.73. The summed E-state index contributed by atoms with van der Waals surface area (Å²) in [6, 6.07) is 3.77. The second kappa shape index (κ2) is 5.84. The number of methoxy groups -OCH3 is 1. The molecule has 1 amide bonds. The van der Waals surface area contributed by atoms with Gasteiger partial charge in [0.25, 0.3) is 0 Å². The molecule has 1 aromatic rings. The number of halogens is 2. The van der Waals surface area contributed by atoms with Crippen molar-refractivity contribution in [2.45, 2.75) is 6.42 Å². The molecule has 2 rings (SSSR count). The molecule has 0 spiro atoms. The van der Waals surface area contributed by atoms with Crippen LogP contribution in [0.15, 0.2) is 21.1 Å². The Hall–Kier alpha value is -0.200. The summed E-state index contributed by atoms with van der Waals surface area (Å²) in [5.74, 6) is 1.91. The van der Waals surface area contributed by atoms with Gasteiger partial charge in [0.2, 0.25) is 5.91 Å². The molecular weight excluding hydrogens is 382 g/mol. The van der Waals surface area contributed by atoms with Crippen LogP contribution in [0.2, 0.25) is 0 Å². The van der Waals surface area contributed by atoms with E-state index in [1.165, 1.54) is 0 Å². The van der Waals surface area contributed by atoms with Crippen molar-refractivity contribution < 1.29 is 9.53 Å². The lowest BCUT2D eigenvalue weighted by atomic mass is 10.1. The van der Waals surface area contributed by atoms with Crippen LogP contribution in [-0.4, -0.2) is 25.3 Å². The summed E-state index contributed by atoms with van der Waals surface area (Å²) < 4.78 is 7.01. The Kier molecular flexibility index (Phi) is 4.61. The molecule has 1 fully saturated rings. The average Bonchev–Trinajstić information content (AvgIpc) is 2.71. The van der Waals surface area contributed by atoms with E-state index in [-0.39, 0.29) is 5.91 Å². The molecule has 1 atom stereocenters. The van der Waals surface area contributed by atoms with Crippen LogP contribution >= 0.6 is 44.5 Å². The molecule has 1 aromatic carbocycles. The summed E-state index contributed by atoms with van der Waals surface area (Å²) in [5.41, 5.74) is 0.851. The van der Waals surface area contributed by atoms with E-state index in [1.807, 2.05) is 12.1 Å². The zero-order valence-corrected chi connectivity index (χ0v) is 13.9. The van der Waals surface area contributed by atoms with Gasteiger partial charge < -0.3 is 9.64 Å². The topological polar surface area (TPSA) is 29.5 Å². The largest absolute Gasteiger partial charge is 0.495 e. The molecule has 1 unspecified atom stereocenters. The normalized spacial score (nSPS) is 19.4. The van der Waals surface area contributed by atoms with Gasteiger partial charge in [0.1, 0.15) is 5.75 Å². The van der Waals surface area contributed by atoms with Gasteiger partial charge in [-0.3, -0.25) is 4.79 Å². The maximum absolute atomic E-state index is 12.0. The highest BCUT2D eigenvalue weighted by atomic mass is 79.9. The minimum absolute atomic E-state index is 0.138. The average molecular weight is 395 g/mol. The predicted molar refractivity (Wildman–Crippen MR) is 82.7 cm³/mol. The number of anilines is 1. The molecule has 1 heterocycles. The van der Waals surface area contributed by atoms with E-state index in [0.717, 1.165) is 26.1 Å². The Morgan fingerprint density at radius 2 is 2.17 bits per heavy atom. The van der Waals surface area contributed by atoms with Crippen LogP contribution in [0.5, 0.6) is 5.75 Å². The van der Waals surface area contributed by atoms with E-state index in [4.69, 9.17) is 4.74 Å². The van der Waals surface area contributed by atoms with Gasteiger partial charge in [-0.2, -0.15) is 12.6 Å². The van der Waals surface area contributed by atoms with Gasteiger partial charge in [-0.15, -0.1) is 0 Å². The van der Waals surface area contributed by atoms with E-state index in [2.05, 4.69) is 44.5 Å². The van der Waals surface area contributed by atoms with Crippen LogP contribution in [0.4, 0.5) is 5.69 Å². The van der Waals surface area contributed by atoms with E-state index in [1.54, 1.807) is 12.0 Å². The number of carbonyl (C=O) groups excluding carboxylic acids is 1. The second-order valence-corrected chi connectivity index (χ2v) is 6.27. The van der Waals surface area contributed by atoms with Crippen LogP contribution in [0.25, 0.3) is 0 Å². The highest BCUT2D eigenvalue weighted by Gasteiger charge is 2.31. The fourth-order valence-corrected chi connectivity index (χ4v) is 3.63. The fourth-order valence-electron chi connectivity index (χ4n) is 2.02. The van der Waals surface area contributed by atoms with E-state index >= 15 is 0 Å². The Bertz CT molecular complexity index is 481. The Morgan fingerprint density at radius 3 is 2.72 bits per heavy atom. The van der Waals surface area contributed by atoms with Crippen LogP contribution in [0, 0.1) is 5.92 Å². The zero-order chi connectivity index (χ0) is 13.3. The Balaban J connectivity index is 2.36. The molecule has 0 saturated carbocycles. The summed E-state index contributed by atoms with van der Waals surface area (Å²) in [4.78, 5) is 13.8. The maximum atomic E-state index is 12.0. The Labute approximate surface area is 129 Å². The molecule has 98 valence electrons. The number of carbonyl (C=O) groups is 1. The van der Waals surface area contributed by atoms with Crippen LogP contribution in [-0.2, 0) is 4.79 Å². The lowest BCUT2D eigenvalue weighted by molar-refractivity contribution is -0.117. The first kappa shape index (κ1) is 14.2. The second-order valence-electron chi connectivity index (χ2n) is 4.20. The van der Waals surface area contributed by atoms with Crippen molar-refractivity contribution in [3.05, 3.63) is 21.1 Å². The maximum Gasteiger partial charge on any atom is 0.227 e. The molecule has 0 aliphatic carbocycles. The number of nitrogens with zero attached hydrogens (tertiary/aromatic N) is 1. The number of hydrogen-bond acceptors (Lipinski definition) is 3. The quantitative estimate of drug-likeness (QED) is 0.795. The minimum atomic E-state index is 0.138. The van der Waals surface area contributed by atoms with Gasteiger partial charge in [-0.25, -0.2) is 0 Å². The van der Waals surface area contributed by atoms with Crippen molar-refractivity contribution >= 4 is 56.1 Å². The number of thiol groups is 1. The summed E-state index contributed by atoms with van der Waals surface area (Å²) in [6.45, 7) is 0.714. The number of rotatable bonds is 3. The molecule has 1 aliphatic heterocycles. The van der Waals surface area contributed by atoms with Gasteiger partial charge in [-0.1, -0.05) is 0 Å². The van der Waals surface area contributed by atoms with Crippen molar-refractivity contribution in [1.82, 2.24) is 0 Å². The third kappa shape index (κ3) is 2.70. The molecule has 18 heavy (non-hydrogen) atoms. The first-order valence-electron chi connectivity index (χ1n) is 5.51. The fraction of sp³-hybridized carbons (Fsp3) is 0.417. The van der Waals surface area contributed by atoms with Gasteiger partial charge in [-0.05, 0) is 49.6 Å². The molecule has 1 aliphatic rings. The van der Waals surface area contributed by atoms with Gasteiger partial charge in [0.15, 0.2) is 0 Å². The molecule has 0 bridgehead atoms. The summed E-state index contributed by atoms with van der Waals surface area (Å²) in [6.07, 6.45) is 0.564. The van der Waals surface area contributed by atoms with E-state index in [0.29, 0.717) is 18.9 Å². The standard InChI is InChI=1S/C12H13Br2NO2S/c1-17-11-4-10(8(13)3-9(11)14)15-5-7(6-18)2-12(15)16/h3-4,7,18H,2,5-6H2,1H3. The van der Waals surface area contributed by atoms with Crippen molar-refractivity contribution in [2.24, 2.45) is 5.92 Å². The summed E-state index contributed by atoms with van der Waals surface area (Å²) in [5, 5.41) is 0. The van der Waals surface area contributed by atoms with Crippen molar-refractivity contribution in [3.63, 3.8) is 0 Å². The number of hydrogen-bond donors (Lipinski definition) is 1. The highest BCUT2D eigenvalue weighted by Crippen LogP contribution is 2.38. The van der Waals surface area contributed by atoms with Gasteiger partial charge in [0.05, 0.1) is 17.3 Å². The number of amides is 1. The Morgan fingerprint density at radius 1 is 1.44 bits per heavy atom. The lowest BCUT2D eigenvalue weighted by Gasteiger charge is -2.19. The van der Waals surface area contributed by atoms with Gasteiger partial charge in [0, 0.05) is 23.5 Å². The molecule has 3 nitrogen and oxygen atoms in total. The molecule has 1 saturated heterocycles. The molecule has 0 N–H and O–H groups in total. The predicted octanol–water partition coefficient (Wildman–Crippen LogP) is 3.50. The lowest BCUT2D eigenvalue weighted by Crippen LogP contribution is -2.25. The van der Waals surface area contributed by atoms with Crippen molar-refractivity contribution in [1.29, 1.82) is 0 Å². The van der Waals surface area contributed by atoms with Crippen molar-refractivity contribution in [2.75, 3.05) is 24.3 Å². The smallest absolute Gasteiger partial charge is 0.227 e.